The maximum atomic E-state index is 12.8. The van der Waals surface area contributed by atoms with E-state index in [1.807, 2.05) is 55.4 Å². The zero-order chi connectivity index (χ0) is 24.2. The minimum Gasteiger partial charge on any atom is -0.340 e. The summed E-state index contributed by atoms with van der Waals surface area (Å²) in [5, 5.41) is 4.58. The molecular formula is C25H24ClN5O2S. The number of hydrogen-bond acceptors (Lipinski definition) is 6. The summed E-state index contributed by atoms with van der Waals surface area (Å²) in [7, 11) is 5.68. The summed E-state index contributed by atoms with van der Waals surface area (Å²) >= 11 is 7.57. The molecule has 0 atom stereocenters. The van der Waals surface area contributed by atoms with Crippen molar-refractivity contribution < 1.29 is 9.59 Å². The highest BCUT2D eigenvalue weighted by atomic mass is 35.5. The van der Waals surface area contributed by atoms with Gasteiger partial charge in [-0.1, -0.05) is 23.7 Å². The number of rotatable bonds is 6. The summed E-state index contributed by atoms with van der Waals surface area (Å²) in [6.45, 7) is 1.36. The van der Waals surface area contributed by atoms with Crippen molar-refractivity contribution in [3.8, 4) is 0 Å². The molecule has 1 N–H and O–H groups in total. The second-order valence-electron chi connectivity index (χ2n) is 8.13. The third-order valence-electron chi connectivity index (χ3n) is 5.22. The first-order chi connectivity index (χ1) is 16.3. The molecule has 0 radical (unpaired) electrons. The zero-order valence-electron chi connectivity index (χ0n) is 19.1. The quantitative estimate of drug-likeness (QED) is 0.514. The molecule has 2 aromatic carbocycles. The summed E-state index contributed by atoms with van der Waals surface area (Å²) in [4.78, 5) is 38.3. The maximum absolute atomic E-state index is 12.8. The standard InChI is InChI=1S/C25H24ClN5O2S/c1-30(2)11-12-31(3)24(33)18-7-8-19(26)21(15-18)28-25-29-23(32)22(34-25)14-16-6-9-20-17(13-16)5-4-10-27-20/h4-10,13-15H,11-12H2,1-3H3,(H,28,29,32)/b22-14-. The fraction of sp³-hybridized carbons (Fsp3) is 0.200. The van der Waals surface area contributed by atoms with Gasteiger partial charge < -0.3 is 15.1 Å². The molecule has 1 aliphatic heterocycles. The number of halogens is 1. The van der Waals surface area contributed by atoms with Crippen molar-refractivity contribution in [2.24, 2.45) is 4.99 Å². The second kappa shape index (κ2) is 10.4. The van der Waals surface area contributed by atoms with E-state index in [4.69, 9.17) is 11.6 Å². The number of nitrogens with one attached hydrogen (secondary N) is 1. The Bertz CT molecular complexity index is 1320. The van der Waals surface area contributed by atoms with Crippen molar-refractivity contribution in [2.75, 3.05) is 34.2 Å². The summed E-state index contributed by atoms with van der Waals surface area (Å²) in [6.07, 6.45) is 3.56. The summed E-state index contributed by atoms with van der Waals surface area (Å²) in [5.41, 5.74) is 2.70. The van der Waals surface area contributed by atoms with Crippen LogP contribution in [0.4, 0.5) is 5.69 Å². The molecule has 9 heteroatoms. The molecule has 1 aromatic heterocycles. The van der Waals surface area contributed by atoms with Crippen LogP contribution < -0.4 is 5.32 Å². The largest absolute Gasteiger partial charge is 0.340 e. The topological polar surface area (TPSA) is 77.9 Å². The number of benzene rings is 2. The minimum absolute atomic E-state index is 0.116. The highest BCUT2D eigenvalue weighted by molar-refractivity contribution is 8.18. The average molecular weight is 494 g/mol. The number of amides is 2. The molecule has 2 heterocycles. The predicted molar refractivity (Wildman–Crippen MR) is 140 cm³/mol. The molecule has 4 rings (SSSR count). The van der Waals surface area contributed by atoms with Gasteiger partial charge in [-0.25, -0.2) is 4.99 Å². The predicted octanol–water partition coefficient (Wildman–Crippen LogP) is 4.41. The highest BCUT2D eigenvalue weighted by Gasteiger charge is 2.24. The first kappa shape index (κ1) is 23.9. The molecule has 3 aromatic rings. The van der Waals surface area contributed by atoms with E-state index in [1.165, 1.54) is 11.8 Å². The van der Waals surface area contributed by atoms with Crippen LogP contribution >= 0.6 is 23.4 Å². The third-order valence-corrected chi connectivity index (χ3v) is 6.45. The lowest BCUT2D eigenvalue weighted by Gasteiger charge is -2.20. The molecule has 2 amide bonds. The van der Waals surface area contributed by atoms with E-state index >= 15 is 0 Å². The van der Waals surface area contributed by atoms with Crippen LogP contribution in [0, 0.1) is 0 Å². The SMILES string of the molecule is CN(C)CCN(C)C(=O)c1ccc(Cl)c(N=C2NC(=O)/C(=C/c3ccc4ncccc4c3)S2)c1. The number of hydrogen-bond donors (Lipinski definition) is 1. The number of carbonyl (C=O) groups excluding carboxylic acids is 2. The first-order valence-corrected chi connectivity index (χ1v) is 11.8. The van der Waals surface area contributed by atoms with E-state index in [9.17, 15) is 9.59 Å². The number of pyridine rings is 1. The molecule has 1 saturated heterocycles. The number of thioether (sulfide) groups is 1. The number of aliphatic imine (C=N–C) groups is 1. The van der Waals surface area contributed by atoms with E-state index in [1.54, 1.807) is 36.3 Å². The van der Waals surface area contributed by atoms with Gasteiger partial charge in [-0.05, 0) is 73.9 Å². The normalized spacial score (nSPS) is 16.0. The van der Waals surface area contributed by atoms with Gasteiger partial charge in [0, 0.05) is 37.3 Å². The van der Waals surface area contributed by atoms with Gasteiger partial charge in [0.15, 0.2) is 5.17 Å². The van der Waals surface area contributed by atoms with Gasteiger partial charge in [-0.15, -0.1) is 0 Å². The lowest BCUT2D eigenvalue weighted by molar-refractivity contribution is -0.115. The van der Waals surface area contributed by atoms with Crippen LogP contribution in [0.1, 0.15) is 15.9 Å². The Labute approximate surface area is 207 Å². The molecule has 7 nitrogen and oxygen atoms in total. The Morgan fingerprint density at radius 3 is 2.76 bits per heavy atom. The van der Waals surface area contributed by atoms with Crippen LogP contribution in [0.25, 0.3) is 17.0 Å². The minimum atomic E-state index is -0.234. The van der Waals surface area contributed by atoms with Crippen LogP contribution in [0.5, 0.6) is 0 Å². The van der Waals surface area contributed by atoms with E-state index in [0.717, 1.165) is 23.0 Å². The third kappa shape index (κ3) is 5.64. The maximum Gasteiger partial charge on any atom is 0.264 e. The number of fused-ring (bicyclic) bond motifs is 1. The lowest BCUT2D eigenvalue weighted by Crippen LogP contribution is -2.33. The number of amidine groups is 1. The number of carbonyl (C=O) groups is 2. The van der Waals surface area contributed by atoms with Gasteiger partial charge >= 0.3 is 0 Å². The fourth-order valence-corrected chi connectivity index (χ4v) is 4.32. The molecule has 0 aliphatic carbocycles. The Kier molecular flexibility index (Phi) is 7.31. The summed E-state index contributed by atoms with van der Waals surface area (Å²) in [5.74, 6) is -0.351. The number of likely N-dealkylation sites (N-methyl/N-ethyl adjacent to an activating group) is 2. The van der Waals surface area contributed by atoms with Crippen molar-refractivity contribution in [1.82, 2.24) is 20.1 Å². The van der Waals surface area contributed by atoms with Crippen molar-refractivity contribution >= 4 is 63.0 Å². The molecule has 174 valence electrons. The van der Waals surface area contributed by atoms with Crippen LogP contribution in [0.15, 0.2) is 64.6 Å². The molecule has 1 aliphatic rings. The highest BCUT2D eigenvalue weighted by Crippen LogP contribution is 2.32. The molecule has 0 spiro atoms. The van der Waals surface area contributed by atoms with Crippen molar-refractivity contribution in [3.05, 3.63) is 75.8 Å². The fourth-order valence-electron chi connectivity index (χ4n) is 3.33. The Hall–Kier alpha value is -3.20. The molecular weight excluding hydrogens is 470 g/mol. The number of nitrogens with zero attached hydrogens (tertiary/aromatic N) is 4. The van der Waals surface area contributed by atoms with Gasteiger partial charge in [0.05, 0.1) is 21.1 Å². The Morgan fingerprint density at radius 2 is 1.97 bits per heavy atom. The van der Waals surface area contributed by atoms with Gasteiger partial charge in [0.25, 0.3) is 11.8 Å². The Morgan fingerprint density at radius 1 is 1.15 bits per heavy atom. The molecule has 0 bridgehead atoms. The van der Waals surface area contributed by atoms with E-state index in [2.05, 4.69) is 15.3 Å². The van der Waals surface area contributed by atoms with Crippen molar-refractivity contribution in [1.29, 1.82) is 0 Å². The van der Waals surface area contributed by atoms with Crippen molar-refractivity contribution in [2.45, 2.75) is 0 Å². The molecule has 0 saturated carbocycles. The smallest absolute Gasteiger partial charge is 0.264 e. The van der Waals surface area contributed by atoms with Crippen LogP contribution in [-0.2, 0) is 4.79 Å². The van der Waals surface area contributed by atoms with E-state index in [0.29, 0.717) is 32.9 Å². The van der Waals surface area contributed by atoms with Crippen molar-refractivity contribution in [3.63, 3.8) is 0 Å². The molecule has 0 unspecified atom stereocenters. The zero-order valence-corrected chi connectivity index (χ0v) is 20.7. The number of aromatic nitrogens is 1. The van der Waals surface area contributed by atoms with E-state index < -0.39 is 0 Å². The summed E-state index contributed by atoms with van der Waals surface area (Å²) in [6, 6.07) is 14.7. The average Bonchev–Trinajstić information content (AvgIpc) is 3.16. The van der Waals surface area contributed by atoms with Gasteiger partial charge in [0.2, 0.25) is 0 Å². The van der Waals surface area contributed by atoms with Gasteiger partial charge in [0.1, 0.15) is 0 Å². The van der Waals surface area contributed by atoms with Gasteiger partial charge in [-0.2, -0.15) is 0 Å². The first-order valence-electron chi connectivity index (χ1n) is 10.6. The van der Waals surface area contributed by atoms with Gasteiger partial charge in [-0.3, -0.25) is 14.6 Å². The second-order valence-corrected chi connectivity index (χ2v) is 9.57. The molecule has 34 heavy (non-hydrogen) atoms. The summed E-state index contributed by atoms with van der Waals surface area (Å²) < 4.78 is 0. The van der Waals surface area contributed by atoms with Crippen LogP contribution in [-0.4, -0.2) is 66.0 Å². The lowest BCUT2D eigenvalue weighted by atomic mass is 10.1. The van der Waals surface area contributed by atoms with Crippen LogP contribution in [0.3, 0.4) is 0 Å². The van der Waals surface area contributed by atoms with Crippen LogP contribution in [0.2, 0.25) is 5.02 Å². The Balaban J connectivity index is 1.54. The van der Waals surface area contributed by atoms with E-state index in [-0.39, 0.29) is 11.8 Å². The monoisotopic (exact) mass is 493 g/mol. The molecule has 1 fully saturated rings.